The third-order valence-electron chi connectivity index (χ3n) is 11.3. The molecule has 16 heteroatoms. The number of aliphatic hydroxyl groups excluding tert-OH is 1. The predicted molar refractivity (Wildman–Crippen MR) is 221 cm³/mol. The van der Waals surface area contributed by atoms with Gasteiger partial charge in [-0.25, -0.2) is 0 Å². The van der Waals surface area contributed by atoms with Gasteiger partial charge >= 0.3 is 6.36 Å². The number of anilines is 1. The number of Topliss-reactive ketones (excluding diaryl/α,β-unsaturated/α-hetero) is 2. The number of alkyl halides is 3. The van der Waals surface area contributed by atoms with Crippen LogP contribution in [0, 0.1) is 11.8 Å². The summed E-state index contributed by atoms with van der Waals surface area (Å²) in [6, 6.07) is 17.7. The summed E-state index contributed by atoms with van der Waals surface area (Å²) >= 11 is 0. The van der Waals surface area contributed by atoms with Crippen LogP contribution >= 0.6 is 0 Å². The Balaban J connectivity index is 1.38. The topological polar surface area (TPSA) is 173 Å². The number of ketones is 2. The summed E-state index contributed by atoms with van der Waals surface area (Å²) in [5.74, 6) is -7.29. The molecule has 1 fully saturated rings. The first-order chi connectivity index (χ1) is 29.8. The lowest BCUT2D eigenvalue weighted by atomic mass is 9.57. The Morgan fingerprint density at radius 1 is 1.00 bits per heavy atom. The molecule has 3 aromatic carbocycles. The van der Waals surface area contributed by atoms with Crippen molar-refractivity contribution in [3.63, 3.8) is 0 Å². The Hall–Kier alpha value is -6.23. The van der Waals surface area contributed by atoms with Crippen LogP contribution in [-0.4, -0.2) is 75.9 Å². The molecule has 0 saturated heterocycles. The van der Waals surface area contributed by atoms with Crippen LogP contribution in [0.3, 0.4) is 0 Å². The molecule has 1 aromatic heterocycles. The molecule has 3 aliphatic carbocycles. The molecule has 0 bridgehead atoms. The summed E-state index contributed by atoms with van der Waals surface area (Å²) in [6.45, 7) is 10.1. The number of nitrogens with one attached hydrogen (secondary N) is 2. The Morgan fingerprint density at radius 3 is 2.26 bits per heavy atom. The van der Waals surface area contributed by atoms with Crippen LogP contribution in [0.15, 0.2) is 102 Å². The molecule has 62 heavy (non-hydrogen) atoms. The molecule has 1 heterocycles. The van der Waals surface area contributed by atoms with E-state index in [1.54, 1.807) is 71.6 Å². The van der Waals surface area contributed by atoms with Crippen LogP contribution < -0.4 is 24.8 Å². The van der Waals surface area contributed by atoms with Crippen molar-refractivity contribution >= 4 is 28.9 Å². The van der Waals surface area contributed by atoms with Gasteiger partial charge in [0.15, 0.2) is 17.1 Å². The van der Waals surface area contributed by atoms with Gasteiger partial charge in [0, 0.05) is 36.2 Å². The van der Waals surface area contributed by atoms with E-state index in [4.69, 9.17) is 14.0 Å². The van der Waals surface area contributed by atoms with Gasteiger partial charge in [-0.15, -0.1) is 26.3 Å². The molecular formula is C46H47F3N4O9. The maximum absolute atomic E-state index is 15.1. The smallest absolute Gasteiger partial charge is 0.507 e. The van der Waals surface area contributed by atoms with Crippen molar-refractivity contribution in [1.82, 2.24) is 15.4 Å². The number of amides is 1. The first-order valence-electron chi connectivity index (χ1n) is 20.3. The third-order valence-corrected chi connectivity index (χ3v) is 11.3. The Kier molecular flexibility index (Phi) is 13.0. The number of fused-ring (bicyclic) bond motifs is 4. The predicted octanol–water partition coefficient (Wildman–Crippen LogP) is 7.43. The first-order valence-corrected chi connectivity index (χ1v) is 20.3. The van der Waals surface area contributed by atoms with Crippen molar-refractivity contribution in [2.24, 2.45) is 11.8 Å². The lowest BCUT2D eigenvalue weighted by Crippen LogP contribution is -2.63. The number of benzene rings is 3. The molecule has 1 saturated carbocycles. The van der Waals surface area contributed by atoms with E-state index in [0.717, 1.165) is 24.5 Å². The molecule has 326 valence electrons. The number of carbonyl (C=O) groups excluding carboxylic acids is 3. The zero-order chi connectivity index (χ0) is 44.2. The molecule has 4 N–H and O–H groups in total. The third kappa shape index (κ3) is 8.62. The van der Waals surface area contributed by atoms with Gasteiger partial charge in [-0.05, 0) is 48.0 Å². The quantitative estimate of drug-likeness (QED) is 0.0444. The van der Waals surface area contributed by atoms with Crippen LogP contribution in [-0.2, 0) is 29.2 Å². The number of hydrogen-bond donors (Lipinski definition) is 4. The fourth-order valence-electron chi connectivity index (χ4n) is 8.62. The highest BCUT2D eigenvalue weighted by Crippen LogP contribution is 2.58. The fourth-order valence-corrected chi connectivity index (χ4v) is 8.62. The molecule has 3 aliphatic rings. The molecule has 0 aliphatic heterocycles. The minimum Gasteiger partial charge on any atom is -0.507 e. The molecule has 7 rings (SSSR count). The van der Waals surface area contributed by atoms with Crippen LogP contribution in [0.1, 0.15) is 70.6 Å². The summed E-state index contributed by atoms with van der Waals surface area (Å²) in [5, 5.41) is 34.8. The maximum atomic E-state index is 15.1. The minimum absolute atomic E-state index is 0.0133. The summed E-state index contributed by atoms with van der Waals surface area (Å²) < 4.78 is 65.2. The molecule has 4 atom stereocenters. The largest absolute Gasteiger partial charge is 0.573 e. The normalized spacial score (nSPS) is 20.5. The average molecular weight is 857 g/mol. The number of aromatic nitrogens is 1. The molecule has 0 radical (unpaired) electrons. The SMILES string of the molecule is C=CCN(CC=C)[C@@H]1c2onc(OCc3ccccc3)c2C(=O)[C@@]2(O)C(=O)C3=C(O)c4c(c(OC(F)(F)F)cc(NC(=O)CNCCCC)c4OCc4ccccc4)C[C@H]3C[C@@H]12. The van der Waals surface area contributed by atoms with E-state index < -0.39 is 64.4 Å². The zero-order valence-electron chi connectivity index (χ0n) is 34.0. The van der Waals surface area contributed by atoms with Gasteiger partial charge in [0.05, 0.1) is 23.8 Å². The van der Waals surface area contributed by atoms with Crippen LogP contribution in [0.4, 0.5) is 18.9 Å². The number of hydrogen-bond acceptors (Lipinski definition) is 12. The number of carbonyl (C=O) groups is 3. The summed E-state index contributed by atoms with van der Waals surface area (Å²) in [6.07, 6.45) is -0.955. The van der Waals surface area contributed by atoms with Crippen LogP contribution in [0.25, 0.3) is 5.76 Å². The maximum Gasteiger partial charge on any atom is 0.573 e. The van der Waals surface area contributed by atoms with Crippen molar-refractivity contribution in [3.8, 4) is 17.4 Å². The molecule has 0 spiro atoms. The Bertz CT molecular complexity index is 2360. The average Bonchev–Trinajstić information content (AvgIpc) is 3.67. The van der Waals surface area contributed by atoms with E-state index in [1.807, 2.05) is 13.0 Å². The number of unbranched alkanes of at least 4 members (excludes halogenated alkanes) is 1. The molecule has 0 unspecified atom stereocenters. The zero-order valence-corrected chi connectivity index (χ0v) is 34.0. The van der Waals surface area contributed by atoms with E-state index in [-0.39, 0.29) is 85.5 Å². The second kappa shape index (κ2) is 18.4. The fraction of sp³-hybridized carbons (Fsp3) is 0.348. The van der Waals surface area contributed by atoms with Gasteiger partial charge < -0.3 is 39.6 Å². The number of rotatable bonds is 18. The number of nitrogens with zero attached hydrogens (tertiary/aromatic N) is 2. The van der Waals surface area contributed by atoms with Crippen LogP contribution in [0.2, 0.25) is 0 Å². The Labute approximate surface area is 355 Å². The van der Waals surface area contributed by atoms with E-state index in [2.05, 4.69) is 33.7 Å². The number of aliphatic hydroxyl groups is 2. The van der Waals surface area contributed by atoms with Crippen molar-refractivity contribution in [1.29, 1.82) is 0 Å². The van der Waals surface area contributed by atoms with Crippen molar-refractivity contribution in [2.75, 3.05) is 31.5 Å². The van der Waals surface area contributed by atoms with Gasteiger partial charge in [0.25, 0.3) is 5.88 Å². The van der Waals surface area contributed by atoms with Gasteiger partial charge in [-0.1, -0.05) is 86.2 Å². The molecule has 4 aromatic rings. The lowest BCUT2D eigenvalue weighted by Gasteiger charge is -2.50. The summed E-state index contributed by atoms with van der Waals surface area (Å²) in [7, 11) is 0. The van der Waals surface area contributed by atoms with E-state index in [1.165, 1.54) is 0 Å². The minimum atomic E-state index is -5.22. The van der Waals surface area contributed by atoms with Crippen molar-refractivity contribution < 1.29 is 56.5 Å². The van der Waals surface area contributed by atoms with Gasteiger partial charge in [0.2, 0.25) is 17.5 Å². The monoisotopic (exact) mass is 856 g/mol. The highest BCUT2D eigenvalue weighted by atomic mass is 19.4. The summed E-state index contributed by atoms with van der Waals surface area (Å²) in [5.41, 5.74) is -2.96. The highest BCUT2D eigenvalue weighted by Gasteiger charge is 2.66. The molecule has 13 nitrogen and oxygen atoms in total. The second-order valence-corrected chi connectivity index (χ2v) is 15.4. The van der Waals surface area contributed by atoms with Crippen molar-refractivity contribution in [2.45, 2.75) is 63.8 Å². The van der Waals surface area contributed by atoms with Gasteiger partial charge in [-0.3, -0.25) is 19.3 Å². The van der Waals surface area contributed by atoms with Gasteiger partial charge in [-0.2, -0.15) is 0 Å². The second-order valence-electron chi connectivity index (χ2n) is 15.4. The molecular weight excluding hydrogens is 810 g/mol. The van der Waals surface area contributed by atoms with E-state index in [9.17, 15) is 33.0 Å². The number of ether oxygens (including phenoxy) is 3. The van der Waals surface area contributed by atoms with Crippen LogP contribution in [0.5, 0.6) is 17.4 Å². The molecule has 1 amide bonds. The van der Waals surface area contributed by atoms with E-state index >= 15 is 4.79 Å². The first kappa shape index (κ1) is 43.8. The standard InChI is InChI=1S/C46H47F3N4O9/c1-4-7-18-50-24-34(54)51-32-23-33(61-46(47,48)49)30-21-29-22-31-38(53(19-5-2)20-6-3)41-37(44(52-62-41)60-26-28-16-12-9-13-17-28)43(57)45(31,58)42(56)35(29)39(55)36(30)40(32)59-25-27-14-10-8-11-15-27/h5-6,8-17,23,29,31,38,50,55,58H,2-4,7,18-22,24-26H2,1H3,(H,51,54)/t29-,31-,38-,45-/m0/s1. The van der Waals surface area contributed by atoms with Crippen molar-refractivity contribution in [3.05, 3.63) is 131 Å². The van der Waals surface area contributed by atoms with Gasteiger partial charge in [0.1, 0.15) is 30.3 Å². The highest BCUT2D eigenvalue weighted by molar-refractivity contribution is 6.26. The number of halogens is 3. The van der Waals surface area contributed by atoms with E-state index in [0.29, 0.717) is 12.1 Å². The Morgan fingerprint density at radius 2 is 1.65 bits per heavy atom. The lowest BCUT2D eigenvalue weighted by molar-refractivity contribution is -0.275. The summed E-state index contributed by atoms with van der Waals surface area (Å²) in [4.78, 5) is 44.9.